The number of amides is 1. The molecule has 2 N–H and O–H groups in total. The van der Waals surface area contributed by atoms with E-state index in [2.05, 4.69) is 32.5 Å². The van der Waals surface area contributed by atoms with Gasteiger partial charge in [-0.25, -0.2) is 8.91 Å². The minimum atomic E-state index is -0.971. The highest BCUT2D eigenvalue weighted by atomic mass is 32.1. The molecule has 10 nitrogen and oxygen atoms in total. The van der Waals surface area contributed by atoms with E-state index >= 15 is 0 Å². The van der Waals surface area contributed by atoms with Crippen LogP contribution in [0.25, 0.3) is 22.3 Å². The standard InChI is InChI=1S/C26H32FN9OS/c1-6-17-20-8-7-9-21(30-19-10-11-34(5)15-18(19)27)36(20)33-23(17)25-32-31-22(38-25)13-28-24(37)16-12-29-35(14-16)26(2,3)4/h6-9,12,14,18-19,30H,1,10-11,13,15H2,2-5H3,(H,28,37)/t18-,19+/m0/s1. The van der Waals surface area contributed by atoms with E-state index in [0.29, 0.717) is 40.1 Å². The molecule has 5 heterocycles. The Morgan fingerprint density at radius 1 is 1.32 bits per heavy atom. The molecule has 12 heteroatoms. The molecular formula is C26H32FN9OS. The molecule has 0 radical (unpaired) electrons. The highest BCUT2D eigenvalue weighted by Gasteiger charge is 2.28. The van der Waals surface area contributed by atoms with Gasteiger partial charge in [-0.2, -0.15) is 10.2 Å². The molecule has 2 atom stereocenters. The first kappa shape index (κ1) is 26.0. The number of rotatable bonds is 7. The van der Waals surface area contributed by atoms with Crippen LogP contribution in [0.4, 0.5) is 10.2 Å². The quantitative estimate of drug-likeness (QED) is 0.369. The van der Waals surface area contributed by atoms with Crippen LogP contribution in [0, 0.1) is 0 Å². The lowest BCUT2D eigenvalue weighted by Gasteiger charge is -2.33. The first-order valence-corrected chi connectivity index (χ1v) is 13.3. The van der Waals surface area contributed by atoms with Gasteiger partial charge < -0.3 is 15.5 Å². The van der Waals surface area contributed by atoms with Crippen molar-refractivity contribution in [3.8, 4) is 10.7 Å². The summed E-state index contributed by atoms with van der Waals surface area (Å²) in [4.78, 5) is 14.6. The van der Waals surface area contributed by atoms with Crippen molar-refractivity contribution in [3.05, 3.63) is 53.3 Å². The molecular weight excluding hydrogens is 505 g/mol. The van der Waals surface area contributed by atoms with Crippen molar-refractivity contribution in [1.29, 1.82) is 0 Å². The minimum Gasteiger partial charge on any atom is -0.364 e. The Labute approximate surface area is 224 Å². The average Bonchev–Trinajstić information content (AvgIpc) is 3.62. The normalized spacial score (nSPS) is 18.6. The second-order valence-electron chi connectivity index (χ2n) is 10.5. The summed E-state index contributed by atoms with van der Waals surface area (Å²) in [6.07, 6.45) is 4.77. The Balaban J connectivity index is 1.34. The van der Waals surface area contributed by atoms with Gasteiger partial charge in [0.2, 0.25) is 0 Å². The largest absolute Gasteiger partial charge is 0.364 e. The zero-order valence-corrected chi connectivity index (χ0v) is 22.8. The van der Waals surface area contributed by atoms with Crippen LogP contribution in [0.5, 0.6) is 0 Å². The smallest absolute Gasteiger partial charge is 0.254 e. The van der Waals surface area contributed by atoms with Crippen molar-refractivity contribution in [2.24, 2.45) is 0 Å². The number of anilines is 1. The molecule has 1 amide bonds. The zero-order valence-electron chi connectivity index (χ0n) is 22.0. The van der Waals surface area contributed by atoms with E-state index in [1.165, 1.54) is 11.3 Å². The number of alkyl halides is 1. The maximum Gasteiger partial charge on any atom is 0.254 e. The molecule has 1 aliphatic rings. The fourth-order valence-electron chi connectivity index (χ4n) is 4.45. The molecule has 4 aromatic rings. The number of nitrogens with one attached hydrogen (secondary N) is 2. The Bertz CT molecular complexity index is 1470. The van der Waals surface area contributed by atoms with Crippen LogP contribution in [-0.4, -0.2) is 72.7 Å². The van der Waals surface area contributed by atoms with E-state index in [0.717, 1.165) is 17.6 Å². The molecule has 4 aromatic heterocycles. The van der Waals surface area contributed by atoms with Gasteiger partial charge in [0, 0.05) is 24.8 Å². The van der Waals surface area contributed by atoms with Crippen molar-refractivity contribution in [1.82, 2.24) is 39.8 Å². The van der Waals surface area contributed by atoms with Crippen LogP contribution < -0.4 is 10.6 Å². The topological polar surface area (TPSA) is 105 Å². The highest BCUT2D eigenvalue weighted by molar-refractivity contribution is 7.14. The van der Waals surface area contributed by atoms with E-state index in [9.17, 15) is 9.18 Å². The van der Waals surface area contributed by atoms with Crippen molar-refractivity contribution in [3.63, 3.8) is 0 Å². The fraction of sp³-hybridized carbons (Fsp3) is 0.423. The number of pyridine rings is 1. The second kappa shape index (κ2) is 10.3. The summed E-state index contributed by atoms with van der Waals surface area (Å²) in [5, 5.41) is 25.2. The van der Waals surface area contributed by atoms with Gasteiger partial charge in [-0.1, -0.05) is 30.1 Å². The van der Waals surface area contributed by atoms with E-state index < -0.39 is 6.17 Å². The number of fused-ring (bicyclic) bond motifs is 1. The third kappa shape index (κ3) is 5.18. The number of halogens is 1. The van der Waals surface area contributed by atoms with E-state index in [1.807, 2.05) is 50.9 Å². The number of nitrogens with zero attached hydrogens (tertiary/aromatic N) is 7. The number of carbonyl (C=O) groups excluding carboxylic acids is 1. The third-order valence-electron chi connectivity index (χ3n) is 6.58. The van der Waals surface area contributed by atoms with Gasteiger partial charge in [0.1, 0.15) is 22.7 Å². The summed E-state index contributed by atoms with van der Waals surface area (Å²) < 4.78 is 18.2. The maximum absolute atomic E-state index is 14.7. The van der Waals surface area contributed by atoms with Crippen molar-refractivity contribution in [2.75, 3.05) is 25.5 Å². The SMILES string of the molecule is C=Cc1c(-c2nnc(CNC(=O)c3cnn(C(C)(C)C)c3)s2)nn2c(N[C@@H]3CCN(C)C[C@@H]3F)cccc12. The summed E-state index contributed by atoms with van der Waals surface area (Å²) in [6, 6.07) is 5.47. The van der Waals surface area contributed by atoms with Crippen LogP contribution in [-0.2, 0) is 12.1 Å². The maximum atomic E-state index is 14.7. The Hall–Kier alpha value is -3.64. The predicted molar refractivity (Wildman–Crippen MR) is 147 cm³/mol. The van der Waals surface area contributed by atoms with Gasteiger partial charge in [-0.15, -0.1) is 10.2 Å². The Kier molecular flexibility index (Phi) is 7.01. The lowest BCUT2D eigenvalue weighted by molar-refractivity contribution is 0.0950. The van der Waals surface area contributed by atoms with Crippen LogP contribution >= 0.6 is 11.3 Å². The minimum absolute atomic E-state index is 0.209. The average molecular weight is 538 g/mol. The fourth-order valence-corrected chi connectivity index (χ4v) is 5.23. The Morgan fingerprint density at radius 3 is 2.84 bits per heavy atom. The van der Waals surface area contributed by atoms with E-state index in [4.69, 9.17) is 5.10 Å². The molecule has 0 aromatic carbocycles. The molecule has 0 spiro atoms. The van der Waals surface area contributed by atoms with Crippen LogP contribution in [0.3, 0.4) is 0 Å². The van der Waals surface area contributed by atoms with Crippen LogP contribution in [0.15, 0.2) is 37.2 Å². The van der Waals surface area contributed by atoms with Crippen LogP contribution in [0.1, 0.15) is 48.1 Å². The molecule has 1 fully saturated rings. The molecule has 0 unspecified atom stereocenters. The van der Waals surface area contributed by atoms with Gasteiger partial charge in [0.15, 0.2) is 5.01 Å². The number of hydrogen-bond donors (Lipinski definition) is 2. The summed E-state index contributed by atoms with van der Waals surface area (Å²) in [5.74, 6) is 0.481. The van der Waals surface area contributed by atoms with Crippen molar-refractivity contribution in [2.45, 2.75) is 51.5 Å². The number of carbonyl (C=O) groups is 1. The monoisotopic (exact) mass is 537 g/mol. The van der Waals surface area contributed by atoms with Gasteiger partial charge in [-0.3, -0.25) is 9.48 Å². The molecule has 0 aliphatic carbocycles. The summed E-state index contributed by atoms with van der Waals surface area (Å²) in [5.41, 5.74) is 2.56. The van der Waals surface area contributed by atoms with Crippen molar-refractivity contribution < 1.29 is 9.18 Å². The first-order valence-electron chi connectivity index (χ1n) is 12.5. The predicted octanol–water partition coefficient (Wildman–Crippen LogP) is 3.83. The number of piperidine rings is 1. The van der Waals surface area contributed by atoms with E-state index in [1.54, 1.807) is 27.7 Å². The van der Waals surface area contributed by atoms with E-state index in [-0.39, 0.29) is 24.0 Å². The molecule has 5 rings (SSSR count). The molecule has 0 saturated carbocycles. The molecule has 0 bridgehead atoms. The van der Waals surface area contributed by atoms with Gasteiger partial charge in [0.25, 0.3) is 5.91 Å². The number of likely N-dealkylation sites (tertiary alicyclic amines) is 1. The molecule has 38 heavy (non-hydrogen) atoms. The first-order chi connectivity index (χ1) is 18.1. The van der Waals surface area contributed by atoms with Gasteiger partial charge in [-0.05, 0) is 46.4 Å². The lowest BCUT2D eigenvalue weighted by Crippen LogP contribution is -2.46. The third-order valence-corrected chi connectivity index (χ3v) is 7.51. The van der Waals surface area contributed by atoms with Gasteiger partial charge >= 0.3 is 0 Å². The number of aromatic nitrogens is 6. The Morgan fingerprint density at radius 2 is 2.13 bits per heavy atom. The van der Waals surface area contributed by atoms with Gasteiger partial charge in [0.05, 0.1) is 35.4 Å². The summed E-state index contributed by atoms with van der Waals surface area (Å²) >= 11 is 1.35. The molecule has 200 valence electrons. The molecule has 1 saturated heterocycles. The zero-order chi connectivity index (χ0) is 27.0. The van der Waals surface area contributed by atoms with Crippen LogP contribution in [0.2, 0.25) is 0 Å². The summed E-state index contributed by atoms with van der Waals surface area (Å²) in [7, 11) is 1.93. The molecule has 1 aliphatic heterocycles. The second-order valence-corrected chi connectivity index (χ2v) is 11.6. The number of hydrogen-bond acceptors (Lipinski definition) is 8. The van der Waals surface area contributed by atoms with Crippen molar-refractivity contribution >= 4 is 34.7 Å². The lowest BCUT2D eigenvalue weighted by atomic mass is 10.0. The highest BCUT2D eigenvalue weighted by Crippen LogP contribution is 2.31. The summed E-state index contributed by atoms with van der Waals surface area (Å²) in [6.45, 7) is 11.5.